The summed E-state index contributed by atoms with van der Waals surface area (Å²) in [5, 5.41) is 3.13. The van der Waals surface area contributed by atoms with Crippen molar-refractivity contribution in [2.45, 2.75) is 27.7 Å². The Labute approximate surface area is 108 Å². The molecule has 2 aromatic rings. The second-order valence-corrected chi connectivity index (χ2v) is 4.59. The number of hydrogen-bond donors (Lipinski definition) is 1. The summed E-state index contributed by atoms with van der Waals surface area (Å²) in [6.07, 6.45) is 0. The van der Waals surface area contributed by atoms with Gasteiger partial charge in [0.1, 0.15) is 11.6 Å². The van der Waals surface area contributed by atoms with E-state index in [1.165, 1.54) is 16.7 Å². The number of hydrogen-bond acceptors (Lipinski definition) is 3. The molecule has 3 heteroatoms. The molecule has 0 aliphatic heterocycles. The highest BCUT2D eigenvalue weighted by molar-refractivity contribution is 5.71. The van der Waals surface area contributed by atoms with Crippen LogP contribution in [0.5, 0.6) is 0 Å². The van der Waals surface area contributed by atoms with Crippen LogP contribution in [0.4, 0.5) is 5.82 Å². The molecular formula is C15H19N3. The Morgan fingerprint density at radius 1 is 0.944 bits per heavy atom. The normalized spacial score (nSPS) is 10.5. The van der Waals surface area contributed by atoms with E-state index in [1.54, 1.807) is 0 Å². The van der Waals surface area contributed by atoms with Crippen LogP contribution in [0.2, 0.25) is 0 Å². The maximum atomic E-state index is 4.60. The van der Waals surface area contributed by atoms with Gasteiger partial charge < -0.3 is 5.32 Å². The largest absolute Gasteiger partial charge is 0.373 e. The van der Waals surface area contributed by atoms with Crippen LogP contribution in [0.15, 0.2) is 18.2 Å². The van der Waals surface area contributed by atoms with Gasteiger partial charge in [0, 0.05) is 18.2 Å². The zero-order valence-corrected chi connectivity index (χ0v) is 11.6. The maximum absolute atomic E-state index is 4.60. The van der Waals surface area contributed by atoms with Gasteiger partial charge in [-0.25, -0.2) is 9.97 Å². The third kappa shape index (κ3) is 2.08. The summed E-state index contributed by atoms with van der Waals surface area (Å²) in [5.41, 5.74) is 5.87. The predicted molar refractivity (Wildman–Crippen MR) is 76.0 cm³/mol. The number of benzene rings is 1. The molecule has 0 aliphatic carbocycles. The standard InChI is InChI=1S/C15H19N3/c1-9-7-6-8-13(10(9)2)14-11(3)15(16-5)18-12(4)17-14/h6-8H,1-5H3,(H,16,17,18). The van der Waals surface area contributed by atoms with E-state index in [4.69, 9.17) is 0 Å². The number of nitrogens with zero attached hydrogens (tertiary/aromatic N) is 2. The summed E-state index contributed by atoms with van der Waals surface area (Å²) in [6, 6.07) is 6.32. The van der Waals surface area contributed by atoms with Crippen molar-refractivity contribution in [3.8, 4) is 11.3 Å². The average molecular weight is 241 g/mol. The SMILES string of the molecule is CNc1nc(C)nc(-c2cccc(C)c2C)c1C. The molecule has 3 nitrogen and oxygen atoms in total. The number of rotatable bonds is 2. The van der Waals surface area contributed by atoms with Crippen LogP contribution in [0.1, 0.15) is 22.5 Å². The highest BCUT2D eigenvalue weighted by Gasteiger charge is 2.12. The highest BCUT2D eigenvalue weighted by Crippen LogP contribution is 2.29. The lowest BCUT2D eigenvalue weighted by Gasteiger charge is -2.13. The molecule has 1 N–H and O–H groups in total. The van der Waals surface area contributed by atoms with E-state index >= 15 is 0 Å². The molecular weight excluding hydrogens is 222 g/mol. The smallest absolute Gasteiger partial charge is 0.132 e. The molecule has 0 atom stereocenters. The van der Waals surface area contributed by atoms with Crippen molar-refractivity contribution in [3.63, 3.8) is 0 Å². The summed E-state index contributed by atoms with van der Waals surface area (Å²) in [7, 11) is 1.89. The number of aromatic nitrogens is 2. The second kappa shape index (κ2) is 4.77. The van der Waals surface area contributed by atoms with Crippen molar-refractivity contribution in [2.75, 3.05) is 12.4 Å². The second-order valence-electron chi connectivity index (χ2n) is 4.59. The van der Waals surface area contributed by atoms with E-state index in [9.17, 15) is 0 Å². The first-order chi connectivity index (χ1) is 8.54. The van der Waals surface area contributed by atoms with E-state index in [0.717, 1.165) is 22.9 Å². The Balaban J connectivity index is 2.71. The summed E-state index contributed by atoms with van der Waals surface area (Å²) in [5.74, 6) is 1.69. The Hall–Kier alpha value is -1.90. The van der Waals surface area contributed by atoms with Gasteiger partial charge >= 0.3 is 0 Å². The van der Waals surface area contributed by atoms with E-state index in [-0.39, 0.29) is 0 Å². The first kappa shape index (κ1) is 12.6. The zero-order chi connectivity index (χ0) is 13.3. The molecule has 1 heterocycles. The van der Waals surface area contributed by atoms with Crippen molar-refractivity contribution in [2.24, 2.45) is 0 Å². The lowest BCUT2D eigenvalue weighted by molar-refractivity contribution is 1.03. The summed E-state index contributed by atoms with van der Waals surface area (Å²) in [6.45, 7) is 8.25. The van der Waals surface area contributed by atoms with Crippen molar-refractivity contribution >= 4 is 5.82 Å². The van der Waals surface area contributed by atoms with Gasteiger partial charge in [-0.15, -0.1) is 0 Å². The molecule has 0 fully saturated rings. The van der Waals surface area contributed by atoms with E-state index in [0.29, 0.717) is 0 Å². The van der Waals surface area contributed by atoms with Gasteiger partial charge in [-0.3, -0.25) is 0 Å². The fourth-order valence-electron chi connectivity index (χ4n) is 2.14. The lowest BCUT2D eigenvalue weighted by atomic mass is 9.98. The zero-order valence-electron chi connectivity index (χ0n) is 11.6. The van der Waals surface area contributed by atoms with Gasteiger partial charge in [0.2, 0.25) is 0 Å². The van der Waals surface area contributed by atoms with Gasteiger partial charge in [0.05, 0.1) is 5.69 Å². The predicted octanol–water partition coefficient (Wildman–Crippen LogP) is 3.42. The molecule has 0 bridgehead atoms. The minimum Gasteiger partial charge on any atom is -0.373 e. The summed E-state index contributed by atoms with van der Waals surface area (Å²) >= 11 is 0. The quantitative estimate of drug-likeness (QED) is 0.875. The summed E-state index contributed by atoms with van der Waals surface area (Å²) < 4.78 is 0. The van der Waals surface area contributed by atoms with Crippen molar-refractivity contribution in [3.05, 3.63) is 40.7 Å². The van der Waals surface area contributed by atoms with Crippen LogP contribution in [0, 0.1) is 27.7 Å². The van der Waals surface area contributed by atoms with Gasteiger partial charge in [-0.1, -0.05) is 18.2 Å². The van der Waals surface area contributed by atoms with Crippen LogP contribution in [0.25, 0.3) is 11.3 Å². The first-order valence-corrected chi connectivity index (χ1v) is 6.14. The van der Waals surface area contributed by atoms with Crippen molar-refractivity contribution in [1.82, 2.24) is 9.97 Å². The highest BCUT2D eigenvalue weighted by atomic mass is 15.0. The fraction of sp³-hybridized carbons (Fsp3) is 0.333. The average Bonchev–Trinajstić information content (AvgIpc) is 2.35. The molecule has 0 radical (unpaired) electrons. The van der Waals surface area contributed by atoms with Crippen LogP contribution >= 0.6 is 0 Å². The Bertz CT molecular complexity index is 589. The van der Waals surface area contributed by atoms with Gasteiger partial charge in [0.15, 0.2) is 0 Å². The van der Waals surface area contributed by atoms with Crippen LogP contribution in [-0.4, -0.2) is 17.0 Å². The molecule has 0 saturated heterocycles. The number of aryl methyl sites for hydroxylation is 2. The number of anilines is 1. The van der Waals surface area contributed by atoms with Crippen molar-refractivity contribution < 1.29 is 0 Å². The van der Waals surface area contributed by atoms with Crippen LogP contribution in [-0.2, 0) is 0 Å². The fourth-order valence-corrected chi connectivity index (χ4v) is 2.14. The molecule has 0 spiro atoms. The van der Waals surface area contributed by atoms with Gasteiger partial charge in [0.25, 0.3) is 0 Å². The maximum Gasteiger partial charge on any atom is 0.132 e. The molecule has 0 unspecified atom stereocenters. The number of nitrogens with one attached hydrogen (secondary N) is 1. The van der Waals surface area contributed by atoms with Crippen molar-refractivity contribution in [1.29, 1.82) is 0 Å². The topological polar surface area (TPSA) is 37.8 Å². The van der Waals surface area contributed by atoms with Crippen LogP contribution < -0.4 is 5.32 Å². The molecule has 2 rings (SSSR count). The Kier molecular flexibility index (Phi) is 3.32. The van der Waals surface area contributed by atoms with Crippen LogP contribution in [0.3, 0.4) is 0 Å². The van der Waals surface area contributed by atoms with E-state index < -0.39 is 0 Å². The molecule has 0 saturated carbocycles. The van der Waals surface area contributed by atoms with E-state index in [2.05, 4.69) is 54.3 Å². The first-order valence-electron chi connectivity index (χ1n) is 6.14. The molecule has 1 aromatic heterocycles. The van der Waals surface area contributed by atoms with Gasteiger partial charge in [-0.2, -0.15) is 0 Å². The third-order valence-electron chi connectivity index (χ3n) is 3.35. The Morgan fingerprint density at radius 2 is 1.67 bits per heavy atom. The molecule has 94 valence electrons. The Morgan fingerprint density at radius 3 is 2.33 bits per heavy atom. The molecule has 0 amide bonds. The molecule has 18 heavy (non-hydrogen) atoms. The minimum atomic E-state index is 0.792. The lowest BCUT2D eigenvalue weighted by Crippen LogP contribution is -2.03. The third-order valence-corrected chi connectivity index (χ3v) is 3.35. The molecule has 0 aliphatic rings. The van der Waals surface area contributed by atoms with E-state index in [1.807, 2.05) is 14.0 Å². The van der Waals surface area contributed by atoms with Gasteiger partial charge in [-0.05, 0) is 38.8 Å². The monoisotopic (exact) mass is 241 g/mol. The molecule has 1 aromatic carbocycles. The minimum absolute atomic E-state index is 0.792. The summed E-state index contributed by atoms with van der Waals surface area (Å²) in [4.78, 5) is 9.01.